The number of anilines is 1. The second-order valence-electron chi connectivity index (χ2n) is 20.6. The molecule has 7 aromatic carbocycles. The van der Waals surface area contributed by atoms with Crippen LogP contribution in [-0.2, 0) is 17.6 Å². The molecule has 8 nitrogen and oxygen atoms in total. The van der Waals surface area contributed by atoms with Gasteiger partial charge < -0.3 is 10.6 Å². The van der Waals surface area contributed by atoms with Gasteiger partial charge >= 0.3 is 0 Å². The number of nitrogens with zero attached hydrogens (tertiary/aromatic N) is 6. The van der Waals surface area contributed by atoms with E-state index in [4.69, 9.17) is 20.4 Å². The summed E-state index contributed by atoms with van der Waals surface area (Å²) in [5, 5.41) is 24.0. The number of benzene rings is 7. The smallest absolute Gasteiger partial charge is 0.182 e. The van der Waals surface area contributed by atoms with Crippen LogP contribution in [0.5, 0.6) is 0 Å². The molecular weight excluding hydrogens is 905 g/mol. The molecule has 0 aliphatic heterocycles. The Hall–Kier alpha value is -7.94. The van der Waals surface area contributed by atoms with Crippen molar-refractivity contribution in [2.24, 2.45) is 5.92 Å². The van der Waals surface area contributed by atoms with Gasteiger partial charge in [0.25, 0.3) is 0 Å². The lowest BCUT2D eigenvalue weighted by molar-refractivity contribution is 0.266. The van der Waals surface area contributed by atoms with E-state index in [0.29, 0.717) is 23.5 Å². The number of hydrogen-bond acceptors (Lipinski definition) is 6. The Morgan fingerprint density at radius 1 is 0.554 bits per heavy atom. The van der Waals surface area contributed by atoms with Gasteiger partial charge in [0.05, 0.1) is 6.20 Å². The third-order valence-electron chi connectivity index (χ3n) is 16.2. The first-order valence-corrected chi connectivity index (χ1v) is 26.9. The minimum absolute atomic E-state index is 0.0892. The molecule has 0 radical (unpaired) electrons. The summed E-state index contributed by atoms with van der Waals surface area (Å²) in [7, 11) is 0. The van der Waals surface area contributed by atoms with E-state index in [1.165, 1.54) is 43.2 Å². The molecule has 368 valence electrons. The average molecular weight is 969 g/mol. The van der Waals surface area contributed by atoms with Crippen molar-refractivity contribution in [3.05, 3.63) is 281 Å². The van der Waals surface area contributed by atoms with Crippen LogP contribution in [0.4, 0.5) is 5.82 Å². The highest BCUT2D eigenvalue weighted by Crippen LogP contribution is 2.45. The van der Waals surface area contributed by atoms with E-state index >= 15 is 0 Å². The van der Waals surface area contributed by atoms with Crippen molar-refractivity contribution in [2.75, 3.05) is 11.9 Å². The maximum atomic E-state index is 5.82. The first-order valence-electron chi connectivity index (χ1n) is 26.9. The molecule has 1 unspecified atom stereocenters. The number of rotatable bonds is 18. The third kappa shape index (κ3) is 9.13. The summed E-state index contributed by atoms with van der Waals surface area (Å²) in [4.78, 5) is 5.82. The first kappa shape index (κ1) is 47.1. The summed E-state index contributed by atoms with van der Waals surface area (Å²) < 4.78 is 4.29. The fourth-order valence-electron chi connectivity index (χ4n) is 12.2. The Morgan fingerprint density at radius 3 is 1.53 bits per heavy atom. The molecule has 2 N–H and O–H groups in total. The fraction of sp³-hybridized carbons (Fsp3) is 0.242. The van der Waals surface area contributed by atoms with Crippen LogP contribution in [0, 0.1) is 5.92 Å². The normalized spacial score (nSPS) is 16.6. The van der Waals surface area contributed by atoms with Crippen LogP contribution >= 0.6 is 0 Å². The van der Waals surface area contributed by atoms with Crippen molar-refractivity contribution in [1.82, 2.24) is 35.1 Å². The quantitative estimate of drug-likeness (QED) is 0.0834. The molecular formula is C66H64N8. The Bertz CT molecular complexity index is 3160. The summed E-state index contributed by atoms with van der Waals surface area (Å²) in [5.74, 6) is 1.91. The van der Waals surface area contributed by atoms with Crippen LogP contribution in [0.2, 0.25) is 0 Å². The van der Waals surface area contributed by atoms with E-state index in [0.717, 1.165) is 82.6 Å². The van der Waals surface area contributed by atoms with Crippen molar-refractivity contribution < 1.29 is 0 Å². The maximum absolute atomic E-state index is 5.82. The lowest BCUT2D eigenvalue weighted by Crippen LogP contribution is -2.39. The van der Waals surface area contributed by atoms with E-state index in [1.807, 2.05) is 0 Å². The van der Waals surface area contributed by atoms with Crippen LogP contribution in [0.25, 0.3) is 11.2 Å². The van der Waals surface area contributed by atoms with Crippen LogP contribution in [0.15, 0.2) is 231 Å². The van der Waals surface area contributed by atoms with Gasteiger partial charge in [-0.3, -0.25) is 4.68 Å². The molecule has 74 heavy (non-hydrogen) atoms. The highest BCUT2D eigenvalue weighted by Gasteiger charge is 2.43. The SMILES string of the molecule is c1ccc(C(Nc2cc(C(CCN[C@H]3CC[C@H](c4ccccc4)CC3)c3cnn(CC4CCC4)c3)c3nnn(C(c4ccccc4)(c4ccccc4)c4ccccc4)c3n2)(c2ccccc2)c2ccccc2)cc1. The van der Waals surface area contributed by atoms with E-state index in [9.17, 15) is 0 Å². The zero-order chi connectivity index (χ0) is 49.6. The predicted octanol–water partition coefficient (Wildman–Crippen LogP) is 13.9. The van der Waals surface area contributed by atoms with Crippen LogP contribution < -0.4 is 10.6 Å². The van der Waals surface area contributed by atoms with E-state index in [2.05, 4.69) is 251 Å². The van der Waals surface area contributed by atoms with E-state index in [-0.39, 0.29) is 5.92 Å². The first-order chi connectivity index (χ1) is 36.7. The molecule has 2 saturated carbocycles. The van der Waals surface area contributed by atoms with Gasteiger partial charge in [0.15, 0.2) is 5.65 Å². The Labute approximate surface area is 435 Å². The number of fused-ring (bicyclic) bond motifs is 1. The topological polar surface area (TPSA) is 85.5 Å². The molecule has 8 heteroatoms. The van der Waals surface area contributed by atoms with E-state index in [1.54, 1.807) is 0 Å². The molecule has 10 aromatic rings. The molecule has 0 spiro atoms. The highest BCUT2D eigenvalue weighted by atomic mass is 15.5. The number of aromatic nitrogens is 6. The Morgan fingerprint density at radius 2 is 1.04 bits per heavy atom. The number of nitrogens with one attached hydrogen (secondary N) is 2. The zero-order valence-corrected chi connectivity index (χ0v) is 42.0. The average Bonchev–Trinajstić information content (AvgIpc) is 4.12. The van der Waals surface area contributed by atoms with Crippen LogP contribution in [0.1, 0.15) is 113 Å². The van der Waals surface area contributed by atoms with Gasteiger partial charge in [-0.2, -0.15) is 5.10 Å². The second kappa shape index (κ2) is 21.3. The molecule has 2 aliphatic carbocycles. The third-order valence-corrected chi connectivity index (χ3v) is 16.2. The van der Waals surface area contributed by atoms with Crippen molar-refractivity contribution in [3.8, 4) is 0 Å². The van der Waals surface area contributed by atoms with Gasteiger partial charge in [0, 0.05) is 24.7 Å². The number of pyridine rings is 1. The van der Waals surface area contributed by atoms with Gasteiger partial charge in [-0.1, -0.05) is 224 Å². The van der Waals surface area contributed by atoms with Gasteiger partial charge in [0.2, 0.25) is 0 Å². The molecule has 0 amide bonds. The summed E-state index contributed by atoms with van der Waals surface area (Å²) in [6, 6.07) is 78.4. The van der Waals surface area contributed by atoms with Crippen molar-refractivity contribution in [2.45, 2.75) is 86.9 Å². The predicted molar refractivity (Wildman–Crippen MR) is 298 cm³/mol. The Kier molecular flexibility index (Phi) is 13.5. The Balaban J connectivity index is 1.06. The summed E-state index contributed by atoms with van der Waals surface area (Å²) in [6.07, 6.45) is 13.8. The van der Waals surface area contributed by atoms with Crippen molar-refractivity contribution in [1.29, 1.82) is 0 Å². The van der Waals surface area contributed by atoms with Crippen molar-refractivity contribution in [3.63, 3.8) is 0 Å². The van der Waals surface area contributed by atoms with Gasteiger partial charge in [-0.15, -0.1) is 5.10 Å². The standard InChI is InChI=1S/C66H64N8/c1-8-25-50(26-9-1)51-39-41-59(42-40-51)67-44-43-60(52-46-68-73(48-52)47-49-23-22-24-49)61-45-62(70-65(53-27-10-2-11-28-53,54-29-12-3-13-30-54)55-31-14-4-15-32-55)69-64-63(61)71-72-74(64)66(56-33-16-5-17-34-56,57-35-18-6-19-36-57)58-37-20-7-21-38-58/h1-21,25-38,45-46,48-49,51,59-60,67H,22-24,39-44,47H2,(H,69,70)/t51-,59-,60?. The molecule has 3 heterocycles. The van der Waals surface area contributed by atoms with Gasteiger partial charge in [-0.25, -0.2) is 9.67 Å². The second-order valence-corrected chi connectivity index (χ2v) is 20.6. The molecule has 2 fully saturated rings. The largest absolute Gasteiger partial charge is 0.353 e. The molecule has 0 bridgehead atoms. The van der Waals surface area contributed by atoms with E-state index < -0.39 is 11.1 Å². The monoisotopic (exact) mass is 969 g/mol. The molecule has 2 aliphatic rings. The lowest BCUT2D eigenvalue weighted by atomic mass is 9.76. The minimum atomic E-state index is -0.958. The zero-order valence-electron chi connectivity index (χ0n) is 42.0. The summed E-state index contributed by atoms with van der Waals surface area (Å²) in [6.45, 7) is 1.77. The van der Waals surface area contributed by atoms with Crippen LogP contribution in [-0.4, -0.2) is 42.3 Å². The highest BCUT2D eigenvalue weighted by molar-refractivity contribution is 5.80. The van der Waals surface area contributed by atoms with Gasteiger partial charge in [0.1, 0.15) is 22.4 Å². The summed E-state index contributed by atoms with van der Waals surface area (Å²) in [5.41, 5.74) is 9.81. The van der Waals surface area contributed by atoms with Crippen LogP contribution in [0.3, 0.4) is 0 Å². The maximum Gasteiger partial charge on any atom is 0.182 e. The van der Waals surface area contributed by atoms with Gasteiger partial charge in [-0.05, 0) is 119 Å². The summed E-state index contributed by atoms with van der Waals surface area (Å²) >= 11 is 0. The van der Waals surface area contributed by atoms with Crippen molar-refractivity contribution >= 4 is 17.0 Å². The molecule has 0 saturated heterocycles. The molecule has 3 aromatic heterocycles. The minimum Gasteiger partial charge on any atom is -0.353 e. The lowest BCUT2D eigenvalue weighted by Gasteiger charge is -2.38. The fourth-order valence-corrected chi connectivity index (χ4v) is 12.2. The molecule has 1 atom stereocenters. The molecule has 12 rings (SSSR count). The number of hydrogen-bond donors (Lipinski definition) is 2.